The summed E-state index contributed by atoms with van der Waals surface area (Å²) in [6.45, 7) is 2.51. The van der Waals surface area contributed by atoms with Crippen LogP contribution in [0.25, 0.3) is 10.9 Å². The number of carboxylic acids is 1. The van der Waals surface area contributed by atoms with Crippen molar-refractivity contribution in [2.75, 3.05) is 13.7 Å². The van der Waals surface area contributed by atoms with Crippen LogP contribution in [0.2, 0.25) is 0 Å². The van der Waals surface area contributed by atoms with E-state index in [4.69, 9.17) is 9.47 Å². The van der Waals surface area contributed by atoms with Crippen LogP contribution in [-0.4, -0.2) is 87.9 Å². The number of methoxy groups -OCH3 is 1. The molecule has 0 saturated carbocycles. The molecular formula is C22H31N5O7. The fourth-order valence-electron chi connectivity index (χ4n) is 3.52. The molecule has 1 fully saturated rings. The number of benzene rings is 1. The molecule has 12 nitrogen and oxygen atoms in total. The summed E-state index contributed by atoms with van der Waals surface area (Å²) in [5.74, 6) is -0.652. The van der Waals surface area contributed by atoms with Gasteiger partial charge in [-0.05, 0) is 24.6 Å². The molecule has 0 radical (unpaired) electrons. The van der Waals surface area contributed by atoms with Crippen molar-refractivity contribution < 1.29 is 34.7 Å². The molecule has 1 aromatic heterocycles. The first kappa shape index (κ1) is 25.4. The number of nitrogens with zero attached hydrogens (tertiary/aromatic N) is 2. The number of ether oxygens (including phenoxy) is 2. The molecule has 3 rings (SSSR count). The Kier molecular flexibility index (Phi) is 8.82. The summed E-state index contributed by atoms with van der Waals surface area (Å²) in [5, 5.41) is 47.3. The fraction of sp³-hybridized carbons (Fsp3) is 0.500. The third kappa shape index (κ3) is 6.03. The Balaban J connectivity index is 1.75. The highest BCUT2D eigenvalue weighted by atomic mass is 16.6. The van der Waals surface area contributed by atoms with E-state index in [0.717, 1.165) is 35.7 Å². The zero-order valence-electron chi connectivity index (χ0n) is 19.0. The Labute approximate surface area is 196 Å². The van der Waals surface area contributed by atoms with Crippen molar-refractivity contribution >= 4 is 29.0 Å². The van der Waals surface area contributed by atoms with Gasteiger partial charge in [0.05, 0.1) is 13.3 Å². The average Bonchev–Trinajstić information content (AvgIpc) is 3.23. The molecule has 1 aromatic carbocycles. The number of aliphatic hydroxyl groups excluding tert-OH is 3. The maximum Gasteiger partial charge on any atom is 0.335 e. The van der Waals surface area contributed by atoms with Crippen molar-refractivity contribution in [1.29, 1.82) is 0 Å². The highest BCUT2D eigenvalue weighted by molar-refractivity contribution is 5.99. The predicted octanol–water partition coefficient (Wildman–Crippen LogP) is 0.128. The molecule has 0 aliphatic carbocycles. The number of nitrogens with one attached hydrogen (secondary N) is 3. The molecule has 2 heterocycles. The highest BCUT2D eigenvalue weighted by Crippen LogP contribution is 2.23. The molecule has 2 aromatic rings. The minimum absolute atomic E-state index is 0.113. The van der Waals surface area contributed by atoms with Gasteiger partial charge in [-0.25, -0.2) is 10.2 Å². The van der Waals surface area contributed by atoms with Crippen LogP contribution in [-0.2, 0) is 9.53 Å². The van der Waals surface area contributed by atoms with Gasteiger partial charge in [-0.3, -0.25) is 4.99 Å². The van der Waals surface area contributed by atoms with Crippen molar-refractivity contribution in [1.82, 2.24) is 15.7 Å². The van der Waals surface area contributed by atoms with Gasteiger partial charge in [-0.2, -0.15) is 5.10 Å². The molecule has 0 amide bonds. The zero-order chi connectivity index (χ0) is 24.7. The standard InChI is InChI=1S/C22H31N5O7/c1-3-4-5-8-23-22(26-20-18(30)16(28)17(29)19(34-20)21(31)32)27-25-11-12-10-24-15-7-6-13(33-2)9-14(12)15/h6-7,9-11,16-20,24,28-30H,3-5,8H2,1-2H3,(H,31,32)(H2,23,26,27)/b25-11+/t16-,17-,18+,19-,20+/m1/s1. The van der Waals surface area contributed by atoms with E-state index in [1.165, 1.54) is 0 Å². The first-order valence-corrected chi connectivity index (χ1v) is 11.0. The number of aliphatic carboxylic acids is 1. The number of carbonyl (C=O) groups is 1. The highest BCUT2D eigenvalue weighted by Gasteiger charge is 2.47. The summed E-state index contributed by atoms with van der Waals surface area (Å²) in [5.41, 5.74) is 4.43. The van der Waals surface area contributed by atoms with Crippen LogP contribution < -0.4 is 15.5 Å². The number of hydrazone groups is 1. The van der Waals surface area contributed by atoms with Gasteiger partial charge in [0.15, 0.2) is 12.3 Å². The van der Waals surface area contributed by atoms with Gasteiger partial charge in [-0.1, -0.05) is 19.8 Å². The van der Waals surface area contributed by atoms with Gasteiger partial charge >= 0.3 is 5.97 Å². The lowest BCUT2D eigenvalue weighted by Crippen LogP contribution is -2.64. The molecule has 0 unspecified atom stereocenters. The molecule has 5 atom stereocenters. The number of aromatic nitrogens is 1. The van der Waals surface area contributed by atoms with Crippen molar-refractivity contribution in [2.24, 2.45) is 10.1 Å². The quantitative estimate of drug-likeness (QED) is 0.114. The number of unbranched alkanes of at least 4 members (excludes halogenated alkanes) is 2. The maximum absolute atomic E-state index is 11.4. The van der Waals surface area contributed by atoms with Gasteiger partial charge in [0.2, 0.25) is 5.96 Å². The second kappa shape index (κ2) is 11.8. The second-order valence-electron chi connectivity index (χ2n) is 7.89. The van der Waals surface area contributed by atoms with Crippen LogP contribution in [0.15, 0.2) is 34.5 Å². The number of rotatable bonds is 9. The van der Waals surface area contributed by atoms with E-state index in [1.807, 2.05) is 18.2 Å². The van der Waals surface area contributed by atoms with E-state index < -0.39 is 36.6 Å². The number of hydrogen-bond acceptors (Lipinski definition) is 8. The summed E-state index contributed by atoms with van der Waals surface area (Å²) in [7, 11) is 1.59. The maximum atomic E-state index is 11.4. The molecular weight excluding hydrogens is 446 g/mol. The second-order valence-corrected chi connectivity index (χ2v) is 7.89. The number of aliphatic imine (C=N–C) groups is 1. The molecule has 1 aliphatic rings. The van der Waals surface area contributed by atoms with Gasteiger partial charge in [-0.15, -0.1) is 0 Å². The number of H-pyrrole nitrogens is 1. The van der Waals surface area contributed by atoms with E-state index in [9.17, 15) is 25.2 Å². The van der Waals surface area contributed by atoms with Crippen LogP contribution in [0.4, 0.5) is 0 Å². The molecule has 1 aliphatic heterocycles. The average molecular weight is 478 g/mol. The van der Waals surface area contributed by atoms with E-state index in [0.29, 0.717) is 12.3 Å². The Bertz CT molecular complexity index is 1020. The first-order valence-electron chi connectivity index (χ1n) is 11.0. The van der Waals surface area contributed by atoms with Crippen molar-refractivity contribution in [2.45, 2.75) is 56.8 Å². The SMILES string of the molecule is CCCCCN=C(N/N=C/c1c[nH]c2ccc(OC)cc12)N[C@H]1O[C@@H](C(=O)O)[C@H](O)[C@@H](O)[C@@H]1O. The van der Waals surface area contributed by atoms with E-state index in [2.05, 4.69) is 32.7 Å². The molecule has 186 valence electrons. The van der Waals surface area contributed by atoms with Crippen molar-refractivity contribution in [3.05, 3.63) is 30.0 Å². The normalized spacial score (nSPS) is 25.6. The summed E-state index contributed by atoms with van der Waals surface area (Å²) < 4.78 is 10.5. The summed E-state index contributed by atoms with van der Waals surface area (Å²) >= 11 is 0. The van der Waals surface area contributed by atoms with Crippen LogP contribution in [0.5, 0.6) is 5.75 Å². The van der Waals surface area contributed by atoms with Crippen LogP contribution in [0.3, 0.4) is 0 Å². The monoisotopic (exact) mass is 477 g/mol. The lowest BCUT2D eigenvalue weighted by molar-refractivity contribution is -0.230. The van der Waals surface area contributed by atoms with Gasteiger partial charge in [0.25, 0.3) is 0 Å². The number of aliphatic hydroxyl groups is 3. The lowest BCUT2D eigenvalue weighted by atomic mass is 9.98. The van der Waals surface area contributed by atoms with Crippen molar-refractivity contribution in [3.8, 4) is 5.75 Å². The Morgan fingerprint density at radius 2 is 2.03 bits per heavy atom. The predicted molar refractivity (Wildman–Crippen MR) is 125 cm³/mol. The largest absolute Gasteiger partial charge is 0.497 e. The minimum Gasteiger partial charge on any atom is -0.497 e. The van der Waals surface area contributed by atoms with Crippen LogP contribution in [0.1, 0.15) is 31.7 Å². The third-order valence-corrected chi connectivity index (χ3v) is 5.46. The Hall–Kier alpha value is -3.19. The number of carboxylic acid groups (broad SMARTS) is 1. The summed E-state index contributed by atoms with van der Waals surface area (Å²) in [6, 6.07) is 5.60. The van der Waals surface area contributed by atoms with Gasteiger partial charge in [0, 0.05) is 29.2 Å². The Morgan fingerprint density at radius 1 is 1.24 bits per heavy atom. The molecule has 1 saturated heterocycles. The molecule has 0 bridgehead atoms. The third-order valence-electron chi connectivity index (χ3n) is 5.46. The Morgan fingerprint density at radius 3 is 2.74 bits per heavy atom. The number of guanidine groups is 1. The molecule has 0 spiro atoms. The van der Waals surface area contributed by atoms with Gasteiger partial charge < -0.3 is 40.2 Å². The van der Waals surface area contributed by atoms with Crippen LogP contribution >= 0.6 is 0 Å². The topological polar surface area (TPSA) is 181 Å². The molecule has 12 heteroatoms. The lowest BCUT2D eigenvalue weighted by Gasteiger charge is -2.39. The number of hydrogen-bond donors (Lipinski definition) is 7. The first-order chi connectivity index (χ1) is 16.3. The number of aromatic amines is 1. The van der Waals surface area contributed by atoms with Crippen molar-refractivity contribution in [3.63, 3.8) is 0 Å². The zero-order valence-corrected chi connectivity index (χ0v) is 19.0. The van der Waals surface area contributed by atoms with E-state index >= 15 is 0 Å². The van der Waals surface area contributed by atoms with Gasteiger partial charge in [0.1, 0.15) is 24.1 Å². The van der Waals surface area contributed by atoms with Crippen LogP contribution in [0, 0.1) is 0 Å². The van der Waals surface area contributed by atoms with E-state index in [1.54, 1.807) is 19.5 Å². The summed E-state index contributed by atoms with van der Waals surface area (Å²) in [6.07, 6.45) is -2.04. The number of fused-ring (bicyclic) bond motifs is 1. The molecule has 7 N–H and O–H groups in total. The fourth-order valence-corrected chi connectivity index (χ4v) is 3.52. The minimum atomic E-state index is -1.78. The summed E-state index contributed by atoms with van der Waals surface area (Å²) in [4.78, 5) is 18.9. The van der Waals surface area contributed by atoms with E-state index in [-0.39, 0.29) is 5.96 Å². The molecule has 34 heavy (non-hydrogen) atoms. The smallest absolute Gasteiger partial charge is 0.335 e.